The Hall–Kier alpha value is -4.59. The molecule has 1 heterocycles. The van der Waals surface area contributed by atoms with Gasteiger partial charge >= 0.3 is 18.2 Å². The van der Waals surface area contributed by atoms with Crippen LogP contribution in [-0.2, 0) is 25.4 Å². The number of rotatable bonds is 6. The van der Waals surface area contributed by atoms with E-state index in [2.05, 4.69) is 17.4 Å². The van der Waals surface area contributed by atoms with Crippen LogP contribution in [0.1, 0.15) is 69.7 Å². The van der Waals surface area contributed by atoms with Gasteiger partial charge in [0.2, 0.25) is 0 Å². The zero-order chi connectivity index (χ0) is 31.8. The van der Waals surface area contributed by atoms with Gasteiger partial charge in [0.25, 0.3) is 0 Å². The highest BCUT2D eigenvalue weighted by Gasteiger charge is 2.32. The zero-order valence-electron chi connectivity index (χ0n) is 26.4. The summed E-state index contributed by atoms with van der Waals surface area (Å²) in [6.45, 7) is 12.8. The number of hydrogen-bond acceptors (Lipinski definition) is 6. The number of esters is 1. The molecule has 0 radical (unpaired) electrons. The molecular formula is C36H40N2O6. The lowest BCUT2D eigenvalue weighted by atomic mass is 9.98. The van der Waals surface area contributed by atoms with E-state index in [1.54, 1.807) is 47.7 Å². The molecule has 1 aliphatic rings. The van der Waals surface area contributed by atoms with Gasteiger partial charge in [-0.2, -0.15) is 0 Å². The van der Waals surface area contributed by atoms with Crippen molar-refractivity contribution >= 4 is 29.1 Å². The summed E-state index contributed by atoms with van der Waals surface area (Å²) in [5.41, 5.74) is 5.20. The van der Waals surface area contributed by atoms with Crippen LogP contribution in [0.4, 0.5) is 9.59 Å². The van der Waals surface area contributed by atoms with Gasteiger partial charge in [-0.15, -0.1) is 0 Å². The minimum Gasteiger partial charge on any atom is -0.458 e. The quantitative estimate of drug-likeness (QED) is 0.183. The third-order valence-corrected chi connectivity index (χ3v) is 7.45. The van der Waals surface area contributed by atoms with Crippen molar-refractivity contribution in [1.29, 1.82) is 0 Å². The Morgan fingerprint density at radius 3 is 2.00 bits per heavy atom. The molecule has 1 aromatic heterocycles. The first-order chi connectivity index (χ1) is 20.7. The van der Waals surface area contributed by atoms with Crippen molar-refractivity contribution in [2.45, 2.75) is 78.0 Å². The summed E-state index contributed by atoms with van der Waals surface area (Å²) >= 11 is 0. The fourth-order valence-corrected chi connectivity index (χ4v) is 5.71. The number of amides is 1. The van der Waals surface area contributed by atoms with Crippen LogP contribution in [0.3, 0.4) is 0 Å². The van der Waals surface area contributed by atoms with E-state index >= 15 is 0 Å². The Morgan fingerprint density at radius 2 is 1.41 bits per heavy atom. The normalized spacial score (nSPS) is 13.6. The maximum atomic E-state index is 13.4. The van der Waals surface area contributed by atoms with Gasteiger partial charge in [0, 0.05) is 23.9 Å². The second-order valence-corrected chi connectivity index (χ2v) is 13.2. The van der Waals surface area contributed by atoms with Crippen LogP contribution in [-0.4, -0.2) is 46.6 Å². The minimum atomic E-state index is -1.07. The average Bonchev–Trinajstić information content (AvgIpc) is 3.46. The molecule has 0 unspecified atom stereocenters. The van der Waals surface area contributed by atoms with Gasteiger partial charge in [-0.1, -0.05) is 66.7 Å². The van der Waals surface area contributed by atoms with Crippen LogP contribution in [0.15, 0.2) is 72.9 Å². The van der Waals surface area contributed by atoms with Crippen LogP contribution in [0, 0.1) is 6.92 Å². The smallest absolute Gasteiger partial charge is 0.419 e. The molecule has 1 N–H and O–H groups in total. The highest BCUT2D eigenvalue weighted by Crippen LogP contribution is 2.44. The molecule has 1 aliphatic carbocycles. The van der Waals surface area contributed by atoms with Crippen LogP contribution in [0.5, 0.6) is 0 Å². The van der Waals surface area contributed by atoms with E-state index < -0.39 is 35.4 Å². The van der Waals surface area contributed by atoms with E-state index in [-0.39, 0.29) is 18.9 Å². The third-order valence-electron chi connectivity index (χ3n) is 7.45. The lowest BCUT2D eigenvalue weighted by Gasteiger charge is -2.24. The summed E-state index contributed by atoms with van der Waals surface area (Å²) in [7, 11) is 0. The number of carbonyl (C=O) groups is 3. The second kappa shape index (κ2) is 11.8. The van der Waals surface area contributed by atoms with Crippen molar-refractivity contribution < 1.29 is 28.6 Å². The molecule has 230 valence electrons. The molecule has 0 saturated heterocycles. The highest BCUT2D eigenvalue weighted by atomic mass is 16.6. The summed E-state index contributed by atoms with van der Waals surface area (Å²) in [5.74, 6) is -0.722. The van der Waals surface area contributed by atoms with Gasteiger partial charge in [0.05, 0.1) is 5.52 Å². The van der Waals surface area contributed by atoms with E-state index in [1.807, 2.05) is 61.5 Å². The lowest BCUT2D eigenvalue weighted by molar-refractivity contribution is -0.157. The number of nitrogens with one attached hydrogen (secondary N) is 1. The highest BCUT2D eigenvalue weighted by molar-refractivity contribution is 5.94. The maximum absolute atomic E-state index is 13.4. The fourth-order valence-electron chi connectivity index (χ4n) is 5.71. The van der Waals surface area contributed by atoms with Crippen LogP contribution >= 0.6 is 0 Å². The summed E-state index contributed by atoms with van der Waals surface area (Å²) in [6.07, 6.45) is 0.494. The molecule has 8 heteroatoms. The summed E-state index contributed by atoms with van der Waals surface area (Å²) < 4.78 is 18.6. The predicted octanol–water partition coefficient (Wildman–Crippen LogP) is 7.52. The monoisotopic (exact) mass is 596 g/mol. The minimum absolute atomic E-state index is 0.0782. The molecule has 4 aromatic rings. The fraction of sp³-hybridized carbons (Fsp3) is 0.361. The number of alkyl carbamates (subject to hydrolysis) is 1. The third kappa shape index (κ3) is 6.64. The van der Waals surface area contributed by atoms with Crippen molar-refractivity contribution in [1.82, 2.24) is 9.88 Å². The molecule has 0 aliphatic heterocycles. The molecule has 1 amide bonds. The molecule has 5 rings (SSSR count). The number of nitrogens with zero attached hydrogens (tertiary/aromatic N) is 1. The molecular weight excluding hydrogens is 556 g/mol. The first kappa shape index (κ1) is 30.9. The van der Waals surface area contributed by atoms with Gasteiger partial charge in [-0.25, -0.2) is 14.4 Å². The average molecular weight is 597 g/mol. The number of para-hydroxylation sites is 1. The van der Waals surface area contributed by atoms with Crippen LogP contribution < -0.4 is 5.32 Å². The van der Waals surface area contributed by atoms with Crippen molar-refractivity contribution in [3.8, 4) is 11.1 Å². The van der Waals surface area contributed by atoms with E-state index in [0.29, 0.717) is 11.1 Å². The SMILES string of the molecule is Cc1cccc2c(C[C@H](NC(=O)OCC3c4ccccc4-c4ccccc43)C(=O)OC(C)(C)C)cn(C(=O)OC(C)(C)C)c12. The Balaban J connectivity index is 1.40. The Labute approximate surface area is 258 Å². The largest absolute Gasteiger partial charge is 0.458 e. The number of aryl methyl sites for hydroxylation is 1. The predicted molar refractivity (Wildman–Crippen MR) is 170 cm³/mol. The first-order valence-electron chi connectivity index (χ1n) is 14.9. The Kier molecular flexibility index (Phi) is 8.30. The topological polar surface area (TPSA) is 95.9 Å². The van der Waals surface area contributed by atoms with Gasteiger partial charge in [-0.05, 0) is 81.8 Å². The molecule has 44 heavy (non-hydrogen) atoms. The lowest BCUT2D eigenvalue weighted by Crippen LogP contribution is -2.46. The van der Waals surface area contributed by atoms with Crippen molar-refractivity contribution in [2.24, 2.45) is 0 Å². The van der Waals surface area contributed by atoms with E-state index in [0.717, 1.165) is 33.2 Å². The molecule has 0 spiro atoms. The number of hydrogen-bond donors (Lipinski definition) is 1. The van der Waals surface area contributed by atoms with E-state index in [4.69, 9.17) is 14.2 Å². The number of aromatic nitrogens is 1. The number of fused-ring (bicyclic) bond motifs is 4. The van der Waals surface area contributed by atoms with Crippen molar-refractivity contribution in [3.05, 3.63) is 95.2 Å². The van der Waals surface area contributed by atoms with Gasteiger partial charge in [0.1, 0.15) is 23.9 Å². The van der Waals surface area contributed by atoms with E-state index in [9.17, 15) is 14.4 Å². The number of ether oxygens (including phenoxy) is 3. The second-order valence-electron chi connectivity index (χ2n) is 13.2. The molecule has 0 fully saturated rings. The molecule has 1 atom stereocenters. The van der Waals surface area contributed by atoms with Crippen LogP contribution in [0.2, 0.25) is 0 Å². The van der Waals surface area contributed by atoms with Crippen LogP contribution in [0.25, 0.3) is 22.0 Å². The standard InChI is InChI=1S/C36H40N2O6/c1-22-13-12-18-24-23(20-38(31(22)24)34(41)44-36(5,6)7)19-30(32(39)43-35(2,3)4)37-33(40)42-21-29-27-16-10-8-14-25(27)26-15-9-11-17-28(26)29/h8-18,20,29-30H,19,21H2,1-7H3,(H,37,40)/t30-/m0/s1. The Morgan fingerprint density at radius 1 is 0.818 bits per heavy atom. The summed E-state index contributed by atoms with van der Waals surface area (Å²) in [5, 5.41) is 3.53. The van der Waals surface area contributed by atoms with Gasteiger partial charge < -0.3 is 19.5 Å². The van der Waals surface area contributed by atoms with E-state index in [1.165, 1.54) is 4.57 Å². The molecule has 0 bridgehead atoms. The summed E-state index contributed by atoms with van der Waals surface area (Å²) in [6, 6.07) is 20.8. The summed E-state index contributed by atoms with van der Waals surface area (Å²) in [4.78, 5) is 39.9. The molecule has 3 aromatic carbocycles. The first-order valence-corrected chi connectivity index (χ1v) is 14.9. The molecule has 0 saturated carbocycles. The Bertz CT molecular complexity index is 1680. The van der Waals surface area contributed by atoms with Gasteiger partial charge in [-0.3, -0.25) is 4.57 Å². The molecule has 8 nitrogen and oxygen atoms in total. The zero-order valence-corrected chi connectivity index (χ0v) is 26.4. The number of benzene rings is 3. The number of carbonyl (C=O) groups excluding carboxylic acids is 3. The van der Waals surface area contributed by atoms with Gasteiger partial charge in [0.15, 0.2) is 0 Å². The maximum Gasteiger partial charge on any atom is 0.419 e. The van der Waals surface area contributed by atoms with Crippen molar-refractivity contribution in [3.63, 3.8) is 0 Å². The van der Waals surface area contributed by atoms with Crippen molar-refractivity contribution in [2.75, 3.05) is 6.61 Å².